The third-order valence-electron chi connectivity index (χ3n) is 6.66. The summed E-state index contributed by atoms with van der Waals surface area (Å²) in [6, 6.07) is 14.0. The number of rotatable bonds is 5. The number of benzene rings is 2. The van der Waals surface area contributed by atoms with Gasteiger partial charge >= 0.3 is 5.56 Å². The van der Waals surface area contributed by atoms with Crippen LogP contribution in [0.15, 0.2) is 59.5 Å². The Labute approximate surface area is 213 Å². The molecule has 0 amide bonds. The van der Waals surface area contributed by atoms with Crippen molar-refractivity contribution in [2.24, 2.45) is 0 Å². The molecule has 0 bridgehead atoms. The summed E-state index contributed by atoms with van der Waals surface area (Å²) >= 11 is 6.13. The first-order chi connectivity index (χ1) is 17.2. The van der Waals surface area contributed by atoms with Crippen LogP contribution in [0.2, 0.25) is 5.02 Å². The topological polar surface area (TPSA) is 84.7 Å². The van der Waals surface area contributed by atoms with E-state index in [1.807, 2.05) is 17.0 Å². The molecule has 0 N–H and O–H groups in total. The average Bonchev–Trinajstić information content (AvgIpc) is 2.86. The molecule has 5 rings (SSSR count). The third-order valence-corrected chi connectivity index (χ3v) is 8.20. The van der Waals surface area contributed by atoms with Crippen LogP contribution >= 0.6 is 11.6 Å². The summed E-state index contributed by atoms with van der Waals surface area (Å²) in [7, 11) is -3.32. The van der Waals surface area contributed by atoms with Crippen LogP contribution in [0.1, 0.15) is 23.7 Å². The van der Waals surface area contributed by atoms with E-state index in [4.69, 9.17) is 16.3 Å². The number of anilines is 1. The molecule has 190 valence electrons. The second kappa shape index (κ2) is 9.84. The molecule has 1 saturated heterocycles. The van der Waals surface area contributed by atoms with Crippen LogP contribution in [0.25, 0.3) is 5.69 Å². The minimum absolute atomic E-state index is 0.00943. The quantitative estimate of drug-likeness (QED) is 0.501. The van der Waals surface area contributed by atoms with E-state index in [9.17, 15) is 13.2 Å². The van der Waals surface area contributed by atoms with Crippen LogP contribution in [0.5, 0.6) is 5.75 Å². The highest BCUT2D eigenvalue weighted by molar-refractivity contribution is 7.88. The Bertz CT molecular complexity index is 1440. The number of hydrogen-bond donors (Lipinski definition) is 0. The first-order valence-electron chi connectivity index (χ1n) is 11.7. The lowest BCUT2D eigenvalue weighted by atomic mass is 9.88. The van der Waals surface area contributed by atoms with Crippen molar-refractivity contribution in [3.8, 4) is 11.4 Å². The Hall–Kier alpha value is -2.95. The molecule has 8 nitrogen and oxygen atoms in total. The van der Waals surface area contributed by atoms with Gasteiger partial charge in [-0.05, 0) is 42.2 Å². The monoisotopic (exact) mass is 532 g/mol. The highest BCUT2D eigenvalue weighted by Crippen LogP contribution is 2.37. The molecule has 0 spiro atoms. The van der Waals surface area contributed by atoms with Crippen LogP contribution in [0.3, 0.4) is 0 Å². The summed E-state index contributed by atoms with van der Waals surface area (Å²) in [5.41, 5.74) is 1.84. The van der Waals surface area contributed by atoms with Gasteiger partial charge in [-0.2, -0.15) is 14.1 Å². The number of halogens is 2. The molecule has 1 aromatic heterocycles. The third kappa shape index (κ3) is 4.85. The van der Waals surface area contributed by atoms with E-state index in [2.05, 4.69) is 5.10 Å². The van der Waals surface area contributed by atoms with Crippen molar-refractivity contribution >= 4 is 27.3 Å². The van der Waals surface area contributed by atoms with Crippen molar-refractivity contribution in [2.75, 3.05) is 37.3 Å². The number of piperazine rings is 1. The molecule has 3 aromatic rings. The molecular weight excluding hydrogens is 507 g/mol. The van der Waals surface area contributed by atoms with Crippen molar-refractivity contribution in [3.63, 3.8) is 0 Å². The van der Waals surface area contributed by atoms with E-state index in [0.717, 1.165) is 5.56 Å². The minimum atomic E-state index is -3.32. The molecule has 2 aliphatic rings. The molecule has 2 heterocycles. The Morgan fingerprint density at radius 1 is 1.08 bits per heavy atom. The highest BCUT2D eigenvalue weighted by atomic mass is 35.5. The first-order valence-corrected chi connectivity index (χ1v) is 13.9. The van der Waals surface area contributed by atoms with Crippen LogP contribution in [-0.4, -0.2) is 61.0 Å². The molecule has 2 unspecified atom stereocenters. The standard InChI is InChI=1S/C25H26ClFN4O4S/c1-36(33,34)30-13-11-29(12-14-30)21-16-28-31(19-7-4-6-18(26)15-19)25(32)24(21)35-22-10-9-17-5-2-3-8-20(17)23(22)27/h2-8,15-16,22-23H,9-14H2,1H3. The molecular formula is C25H26ClFN4O4S. The van der Waals surface area contributed by atoms with Crippen molar-refractivity contribution in [1.82, 2.24) is 14.1 Å². The predicted octanol–water partition coefficient (Wildman–Crippen LogP) is 3.37. The number of hydrogen-bond acceptors (Lipinski definition) is 6. The van der Waals surface area contributed by atoms with Crippen molar-refractivity contribution in [3.05, 3.63) is 81.2 Å². The maximum absolute atomic E-state index is 15.5. The largest absolute Gasteiger partial charge is 0.479 e. The van der Waals surface area contributed by atoms with Crippen LogP contribution < -0.4 is 15.2 Å². The second-order valence-corrected chi connectivity index (χ2v) is 11.4. The Balaban J connectivity index is 1.52. The number of alkyl halides is 1. The molecule has 11 heteroatoms. The average molecular weight is 533 g/mol. The number of aryl methyl sites for hydroxylation is 1. The van der Waals surface area contributed by atoms with Crippen molar-refractivity contribution < 1.29 is 17.5 Å². The first kappa shape index (κ1) is 24.7. The van der Waals surface area contributed by atoms with E-state index in [1.165, 1.54) is 21.4 Å². The van der Waals surface area contributed by atoms with Gasteiger partial charge in [0.15, 0.2) is 6.17 Å². The predicted molar refractivity (Wildman–Crippen MR) is 137 cm³/mol. The van der Waals surface area contributed by atoms with E-state index >= 15 is 4.39 Å². The van der Waals surface area contributed by atoms with Gasteiger partial charge in [-0.3, -0.25) is 4.79 Å². The lowest BCUT2D eigenvalue weighted by Crippen LogP contribution is -2.49. The van der Waals surface area contributed by atoms with E-state index < -0.39 is 27.9 Å². The summed E-state index contributed by atoms with van der Waals surface area (Å²) in [4.78, 5) is 15.5. The Kier molecular flexibility index (Phi) is 6.76. The number of nitrogens with zero attached hydrogens (tertiary/aromatic N) is 4. The Morgan fingerprint density at radius 2 is 1.83 bits per heavy atom. The number of aromatic nitrogens is 2. The molecule has 2 aromatic carbocycles. The molecule has 0 saturated carbocycles. The zero-order chi connectivity index (χ0) is 25.4. The summed E-state index contributed by atoms with van der Waals surface area (Å²) < 4.78 is 48.2. The SMILES string of the molecule is CS(=O)(=O)N1CCN(c2cnn(-c3cccc(Cl)c3)c(=O)c2OC2CCc3ccccc3C2F)CC1. The Morgan fingerprint density at radius 3 is 2.56 bits per heavy atom. The second-order valence-electron chi connectivity index (χ2n) is 9.00. The van der Waals surface area contributed by atoms with E-state index in [0.29, 0.717) is 47.9 Å². The molecule has 0 radical (unpaired) electrons. The van der Waals surface area contributed by atoms with Crippen LogP contribution in [-0.2, 0) is 16.4 Å². The van der Waals surface area contributed by atoms with Crippen LogP contribution in [0, 0.1) is 0 Å². The maximum atomic E-state index is 15.5. The van der Waals surface area contributed by atoms with Crippen molar-refractivity contribution in [1.29, 1.82) is 0 Å². The number of fused-ring (bicyclic) bond motifs is 1. The van der Waals surface area contributed by atoms with Gasteiger partial charge in [0, 0.05) is 31.2 Å². The van der Waals surface area contributed by atoms with E-state index in [-0.39, 0.29) is 18.8 Å². The zero-order valence-corrected chi connectivity index (χ0v) is 21.3. The van der Waals surface area contributed by atoms with Gasteiger partial charge in [0.2, 0.25) is 15.8 Å². The number of ether oxygens (including phenoxy) is 1. The fraction of sp³-hybridized carbons (Fsp3) is 0.360. The summed E-state index contributed by atoms with van der Waals surface area (Å²) in [6.07, 6.45) is 1.50. The highest BCUT2D eigenvalue weighted by Gasteiger charge is 2.34. The van der Waals surface area contributed by atoms with Gasteiger partial charge in [-0.15, -0.1) is 0 Å². The molecule has 1 aliphatic carbocycles. The van der Waals surface area contributed by atoms with Gasteiger partial charge in [-0.1, -0.05) is 41.9 Å². The molecule has 2 atom stereocenters. The molecule has 36 heavy (non-hydrogen) atoms. The lowest BCUT2D eigenvalue weighted by molar-refractivity contribution is 0.0823. The van der Waals surface area contributed by atoms with Gasteiger partial charge in [-0.25, -0.2) is 12.8 Å². The fourth-order valence-corrected chi connectivity index (χ4v) is 5.77. The van der Waals surface area contributed by atoms with E-state index in [1.54, 1.807) is 36.4 Å². The summed E-state index contributed by atoms with van der Waals surface area (Å²) in [6.45, 7) is 1.22. The summed E-state index contributed by atoms with van der Waals surface area (Å²) in [5, 5.41) is 4.78. The van der Waals surface area contributed by atoms with Gasteiger partial charge in [0.1, 0.15) is 11.8 Å². The zero-order valence-electron chi connectivity index (χ0n) is 19.7. The lowest BCUT2D eigenvalue weighted by Gasteiger charge is -2.36. The maximum Gasteiger partial charge on any atom is 0.316 e. The van der Waals surface area contributed by atoms with Gasteiger partial charge < -0.3 is 9.64 Å². The summed E-state index contributed by atoms with van der Waals surface area (Å²) in [5.74, 6) is -0.00943. The minimum Gasteiger partial charge on any atom is -0.479 e. The van der Waals surface area contributed by atoms with Gasteiger partial charge in [0.25, 0.3) is 0 Å². The number of sulfonamides is 1. The molecule has 1 aliphatic heterocycles. The molecule has 1 fully saturated rings. The fourth-order valence-electron chi connectivity index (χ4n) is 4.76. The normalized spacial score (nSPS) is 20.7. The van der Waals surface area contributed by atoms with Crippen LogP contribution in [0.4, 0.5) is 10.1 Å². The smallest absolute Gasteiger partial charge is 0.316 e. The van der Waals surface area contributed by atoms with Crippen molar-refractivity contribution in [2.45, 2.75) is 25.1 Å². The van der Waals surface area contributed by atoms with Gasteiger partial charge in [0.05, 0.1) is 18.1 Å².